The molecule has 0 aromatic heterocycles. The lowest BCUT2D eigenvalue weighted by atomic mass is 10.1. The second kappa shape index (κ2) is 7.90. The minimum atomic E-state index is -4.43. The van der Waals surface area contributed by atoms with E-state index in [1.165, 1.54) is 0 Å². The highest BCUT2D eigenvalue weighted by molar-refractivity contribution is 7.46. The van der Waals surface area contributed by atoms with Gasteiger partial charge in [0.1, 0.15) is 0 Å². The molecule has 0 aliphatic heterocycles. The Kier molecular flexibility index (Phi) is 7.62. The van der Waals surface area contributed by atoms with Crippen LogP contribution in [0.15, 0.2) is 12.2 Å². The van der Waals surface area contributed by atoms with Crippen LogP contribution in [0.25, 0.3) is 0 Å². The van der Waals surface area contributed by atoms with E-state index in [0.717, 1.165) is 0 Å². The Morgan fingerprint density at radius 3 is 2.15 bits per heavy atom. The van der Waals surface area contributed by atoms with Crippen molar-refractivity contribution in [3.05, 3.63) is 12.2 Å². The van der Waals surface area contributed by atoms with Crippen LogP contribution in [0.3, 0.4) is 0 Å². The third kappa shape index (κ3) is 9.23. The summed E-state index contributed by atoms with van der Waals surface area (Å²) in [6.07, 6.45) is 1.03. The van der Waals surface area contributed by atoms with Crippen molar-refractivity contribution >= 4 is 13.8 Å². The van der Waals surface area contributed by atoms with E-state index in [1.807, 2.05) is 21.1 Å². The Labute approximate surface area is 120 Å². The first-order valence-electron chi connectivity index (χ1n) is 6.27. The van der Waals surface area contributed by atoms with Gasteiger partial charge in [-0.15, -0.1) is 0 Å². The van der Waals surface area contributed by atoms with Crippen LogP contribution in [0.2, 0.25) is 0 Å². The zero-order chi connectivity index (χ0) is 16.0. The number of hydrogen-bond acceptors (Lipinski definition) is 4. The molecule has 0 aliphatic rings. The van der Waals surface area contributed by atoms with Crippen LogP contribution in [0.4, 0.5) is 0 Å². The number of hydrogen-bond donors (Lipinski definition) is 2. The molecule has 2 N–H and O–H groups in total. The molecule has 0 saturated carbocycles. The molecule has 118 valence electrons. The minimum absolute atomic E-state index is 0.0428. The Balaban J connectivity index is 4.27. The fraction of sp³-hybridized carbons (Fsp3) is 0.750. The molecule has 0 amide bonds. The summed E-state index contributed by atoms with van der Waals surface area (Å²) in [5, 5.41) is 0. The van der Waals surface area contributed by atoms with Gasteiger partial charge in [-0.05, 0) is 6.92 Å². The summed E-state index contributed by atoms with van der Waals surface area (Å²) in [4.78, 5) is 28.6. The summed E-state index contributed by atoms with van der Waals surface area (Å²) in [5.41, 5.74) is 0.344. The maximum Gasteiger partial charge on any atom is 0.469 e. The summed E-state index contributed by atoms with van der Waals surface area (Å²) >= 11 is 0. The third-order valence-corrected chi connectivity index (χ3v) is 3.36. The van der Waals surface area contributed by atoms with E-state index in [-0.39, 0.29) is 19.3 Å². The molecule has 0 aromatic carbocycles. The van der Waals surface area contributed by atoms with Gasteiger partial charge in [0, 0.05) is 18.4 Å². The van der Waals surface area contributed by atoms with Crippen LogP contribution >= 0.6 is 7.82 Å². The van der Waals surface area contributed by atoms with Crippen LogP contribution in [0, 0.1) is 0 Å². The molecule has 0 rings (SSSR count). The number of quaternary nitrogens is 1. The number of phosphoric acid groups is 1. The van der Waals surface area contributed by atoms with Gasteiger partial charge < -0.3 is 19.0 Å². The molecular formula is C12H25NO6P+. The van der Waals surface area contributed by atoms with Crippen LogP contribution in [0.5, 0.6) is 0 Å². The van der Waals surface area contributed by atoms with Gasteiger partial charge in [0.05, 0.1) is 40.4 Å². The maximum atomic E-state index is 11.3. The van der Waals surface area contributed by atoms with Crippen molar-refractivity contribution in [3.8, 4) is 0 Å². The van der Waals surface area contributed by atoms with Gasteiger partial charge in [-0.3, -0.25) is 4.52 Å². The topological polar surface area (TPSA) is 93.1 Å². The van der Waals surface area contributed by atoms with E-state index in [4.69, 9.17) is 14.5 Å². The summed E-state index contributed by atoms with van der Waals surface area (Å²) in [7, 11) is 1.45. The molecule has 0 radical (unpaired) electrons. The fourth-order valence-electron chi connectivity index (χ4n) is 1.64. The number of carbonyl (C=O) groups excluding carboxylic acids is 1. The predicted octanol–water partition coefficient (Wildman–Crippen LogP) is 1.07. The van der Waals surface area contributed by atoms with Gasteiger partial charge in [-0.1, -0.05) is 6.58 Å². The molecule has 0 spiro atoms. The first kappa shape index (κ1) is 19.3. The minimum Gasteiger partial charge on any atom is -0.462 e. The Bertz CT molecular complexity index is 384. The maximum absolute atomic E-state index is 11.3. The molecule has 7 nitrogen and oxygen atoms in total. The highest BCUT2D eigenvalue weighted by atomic mass is 31.2. The van der Waals surface area contributed by atoms with Crippen LogP contribution in [-0.4, -0.2) is 60.6 Å². The van der Waals surface area contributed by atoms with E-state index < -0.39 is 13.8 Å². The molecule has 0 aromatic rings. The Morgan fingerprint density at radius 2 is 1.75 bits per heavy atom. The average Bonchev–Trinajstić information content (AvgIpc) is 2.23. The number of carbonyl (C=O) groups is 1. The number of phosphoric ester groups is 1. The number of ether oxygens (including phenoxy) is 1. The molecule has 1 unspecified atom stereocenters. The summed E-state index contributed by atoms with van der Waals surface area (Å²) < 4.78 is 20.7. The lowest BCUT2D eigenvalue weighted by Crippen LogP contribution is -2.46. The van der Waals surface area contributed by atoms with E-state index in [9.17, 15) is 9.36 Å². The van der Waals surface area contributed by atoms with Crippen molar-refractivity contribution in [3.63, 3.8) is 0 Å². The Morgan fingerprint density at radius 1 is 1.25 bits per heavy atom. The first-order chi connectivity index (χ1) is 8.93. The number of esters is 1. The van der Waals surface area contributed by atoms with Gasteiger partial charge in [-0.2, -0.15) is 0 Å². The summed E-state index contributed by atoms with van der Waals surface area (Å²) in [5.74, 6) is -0.434. The zero-order valence-corrected chi connectivity index (χ0v) is 13.4. The number of rotatable bonds is 9. The van der Waals surface area contributed by atoms with Crippen molar-refractivity contribution in [1.82, 2.24) is 0 Å². The van der Waals surface area contributed by atoms with Gasteiger partial charge >= 0.3 is 13.8 Å². The summed E-state index contributed by atoms with van der Waals surface area (Å²) in [6.45, 7) is 5.27. The van der Waals surface area contributed by atoms with Crippen LogP contribution < -0.4 is 0 Å². The van der Waals surface area contributed by atoms with E-state index >= 15 is 0 Å². The molecule has 0 saturated heterocycles. The normalized spacial score (nSPS) is 13.9. The van der Waals surface area contributed by atoms with Gasteiger partial charge in [0.25, 0.3) is 0 Å². The van der Waals surface area contributed by atoms with Crippen LogP contribution in [-0.2, 0) is 18.6 Å². The number of nitrogens with zero attached hydrogens (tertiary/aromatic N) is 1. The first-order valence-corrected chi connectivity index (χ1v) is 7.80. The van der Waals surface area contributed by atoms with Crippen LogP contribution in [0.1, 0.15) is 19.8 Å². The zero-order valence-electron chi connectivity index (χ0n) is 12.5. The third-order valence-electron chi connectivity index (χ3n) is 2.84. The smallest absolute Gasteiger partial charge is 0.462 e. The predicted molar refractivity (Wildman–Crippen MR) is 74.8 cm³/mol. The van der Waals surface area contributed by atoms with E-state index in [1.54, 1.807) is 6.92 Å². The average molecular weight is 310 g/mol. The van der Waals surface area contributed by atoms with Gasteiger partial charge in [-0.25, -0.2) is 9.36 Å². The van der Waals surface area contributed by atoms with E-state index in [2.05, 4.69) is 11.1 Å². The van der Waals surface area contributed by atoms with Crippen molar-refractivity contribution in [1.29, 1.82) is 0 Å². The standard InChI is InChI=1S/C12H24NO6P/c1-10(2)12(14)18-8-6-11(13(3,4)5)7-9-19-20(15,16)17/h11H,1,6-9H2,2-5H3,(H-,15,16,17)/p+1. The molecule has 20 heavy (non-hydrogen) atoms. The lowest BCUT2D eigenvalue weighted by Gasteiger charge is -2.34. The highest BCUT2D eigenvalue weighted by Crippen LogP contribution is 2.36. The molecule has 0 heterocycles. The fourth-order valence-corrected chi connectivity index (χ4v) is 1.98. The molecule has 0 fully saturated rings. The second-order valence-electron chi connectivity index (χ2n) is 5.59. The van der Waals surface area contributed by atoms with Crippen molar-refractivity contribution in [2.75, 3.05) is 34.4 Å². The quantitative estimate of drug-likeness (QED) is 0.286. The van der Waals surface area contributed by atoms with Gasteiger partial charge in [0.2, 0.25) is 0 Å². The van der Waals surface area contributed by atoms with Crippen molar-refractivity contribution in [2.24, 2.45) is 0 Å². The van der Waals surface area contributed by atoms with Gasteiger partial charge in [0.15, 0.2) is 0 Å². The van der Waals surface area contributed by atoms with Crippen molar-refractivity contribution in [2.45, 2.75) is 25.8 Å². The van der Waals surface area contributed by atoms with Crippen molar-refractivity contribution < 1.29 is 32.9 Å². The molecule has 0 bridgehead atoms. The largest absolute Gasteiger partial charge is 0.469 e. The molecule has 1 atom stereocenters. The SMILES string of the molecule is C=C(C)C(=O)OCCC(CCOP(=O)(O)O)[N+](C)(C)C. The summed E-state index contributed by atoms with van der Waals surface area (Å²) in [6, 6.07) is 0.0551. The second-order valence-corrected chi connectivity index (χ2v) is 6.83. The van der Waals surface area contributed by atoms with E-state index in [0.29, 0.717) is 22.9 Å². The monoisotopic (exact) mass is 310 g/mol. The molecule has 0 aliphatic carbocycles. The highest BCUT2D eigenvalue weighted by Gasteiger charge is 2.25. The molecular weight excluding hydrogens is 285 g/mol. The molecule has 8 heteroatoms. The lowest BCUT2D eigenvalue weighted by molar-refractivity contribution is -0.896. The Hall–Kier alpha value is -0.720.